The monoisotopic (exact) mass is 394 g/mol. The molecule has 1 aliphatic rings. The van der Waals surface area contributed by atoms with Crippen LogP contribution in [0.4, 0.5) is 0 Å². The van der Waals surface area contributed by atoms with Crippen LogP contribution in [0.2, 0.25) is 0 Å². The SMILES string of the molecule is CCN(CC)CCn1c2ccc3c(c2c2cc(-c4nnco4)sc21)CCC3=O. The molecule has 5 rings (SSSR count). The first-order valence-corrected chi connectivity index (χ1v) is 10.6. The zero-order valence-electron chi connectivity index (χ0n) is 16.1. The van der Waals surface area contributed by atoms with E-state index in [-0.39, 0.29) is 5.78 Å². The number of carbonyl (C=O) groups is 1. The summed E-state index contributed by atoms with van der Waals surface area (Å²) in [7, 11) is 0. The zero-order chi connectivity index (χ0) is 19.3. The van der Waals surface area contributed by atoms with Gasteiger partial charge in [0, 0.05) is 35.8 Å². The number of ketones is 1. The van der Waals surface area contributed by atoms with E-state index in [0.29, 0.717) is 12.3 Å². The number of benzene rings is 1. The lowest BCUT2D eigenvalue weighted by molar-refractivity contribution is 0.0994. The maximum Gasteiger partial charge on any atom is 0.257 e. The minimum Gasteiger partial charge on any atom is -0.423 e. The molecule has 0 radical (unpaired) electrons. The van der Waals surface area contributed by atoms with Gasteiger partial charge < -0.3 is 13.9 Å². The molecule has 3 aromatic heterocycles. The maximum absolute atomic E-state index is 12.3. The van der Waals surface area contributed by atoms with E-state index in [1.807, 2.05) is 6.07 Å². The number of nitrogens with zero attached hydrogens (tertiary/aromatic N) is 4. The van der Waals surface area contributed by atoms with Crippen LogP contribution in [0.15, 0.2) is 29.0 Å². The van der Waals surface area contributed by atoms with Crippen molar-refractivity contribution in [3.05, 3.63) is 35.7 Å². The second-order valence-electron chi connectivity index (χ2n) is 7.16. The van der Waals surface area contributed by atoms with Gasteiger partial charge in [0.15, 0.2) is 5.78 Å². The van der Waals surface area contributed by atoms with Gasteiger partial charge in [0.2, 0.25) is 6.39 Å². The molecular weight excluding hydrogens is 372 g/mol. The Kier molecular flexibility index (Phi) is 4.29. The maximum atomic E-state index is 12.3. The molecule has 0 aliphatic heterocycles. The molecule has 4 aromatic rings. The number of hydrogen-bond donors (Lipinski definition) is 0. The fraction of sp³-hybridized carbons (Fsp3) is 0.381. The molecule has 3 heterocycles. The summed E-state index contributed by atoms with van der Waals surface area (Å²) in [4.78, 5) is 16.9. The molecular formula is C21H22N4O2S. The molecule has 28 heavy (non-hydrogen) atoms. The lowest BCUT2D eigenvalue weighted by atomic mass is 10.0. The standard InChI is InChI=1S/C21H22N4O2S/c1-3-24(4-2)9-10-25-16-7-5-13-14(6-8-17(13)26)19(16)15-11-18(28-21(15)25)20-23-22-12-27-20/h5,7,11-12H,3-4,6,8-10H2,1-2H3. The van der Waals surface area contributed by atoms with Crippen LogP contribution >= 0.6 is 11.3 Å². The number of aromatic nitrogens is 3. The van der Waals surface area contributed by atoms with Crippen molar-refractivity contribution >= 4 is 38.2 Å². The summed E-state index contributed by atoms with van der Waals surface area (Å²) in [6.07, 6.45) is 2.80. The van der Waals surface area contributed by atoms with Crippen molar-refractivity contribution in [2.24, 2.45) is 0 Å². The summed E-state index contributed by atoms with van der Waals surface area (Å²) in [5.74, 6) is 0.807. The topological polar surface area (TPSA) is 64.2 Å². The van der Waals surface area contributed by atoms with Crippen molar-refractivity contribution < 1.29 is 9.21 Å². The zero-order valence-corrected chi connectivity index (χ0v) is 16.9. The predicted molar refractivity (Wildman–Crippen MR) is 111 cm³/mol. The highest BCUT2D eigenvalue weighted by molar-refractivity contribution is 7.22. The Hall–Kier alpha value is -2.51. The number of aryl methyl sites for hydroxylation is 1. The van der Waals surface area contributed by atoms with Gasteiger partial charge in [0.25, 0.3) is 5.89 Å². The Bertz CT molecular complexity index is 1170. The molecule has 0 amide bonds. The Morgan fingerprint density at radius 2 is 2.11 bits per heavy atom. The number of Topliss-reactive ketones (excluding diaryl/α,β-unsaturated/α-hetero) is 1. The minimum absolute atomic E-state index is 0.258. The third kappa shape index (κ3) is 2.61. The van der Waals surface area contributed by atoms with Crippen LogP contribution in [0.1, 0.15) is 36.2 Å². The number of thiophene rings is 1. The average molecular weight is 395 g/mol. The largest absolute Gasteiger partial charge is 0.423 e. The first kappa shape index (κ1) is 17.6. The summed E-state index contributed by atoms with van der Waals surface area (Å²) >= 11 is 1.68. The van der Waals surface area contributed by atoms with E-state index in [2.05, 4.69) is 45.6 Å². The fourth-order valence-electron chi connectivity index (χ4n) is 4.31. The van der Waals surface area contributed by atoms with Crippen LogP contribution in [0.5, 0.6) is 0 Å². The molecule has 6 nitrogen and oxygen atoms in total. The molecule has 7 heteroatoms. The van der Waals surface area contributed by atoms with Crippen molar-refractivity contribution in [3.63, 3.8) is 0 Å². The molecule has 1 aromatic carbocycles. The highest BCUT2D eigenvalue weighted by Crippen LogP contribution is 2.42. The first-order chi connectivity index (χ1) is 13.7. The summed E-state index contributed by atoms with van der Waals surface area (Å²) in [6, 6.07) is 6.29. The van der Waals surface area contributed by atoms with Crippen molar-refractivity contribution in [1.29, 1.82) is 0 Å². The van der Waals surface area contributed by atoms with Gasteiger partial charge in [-0.2, -0.15) is 0 Å². The number of fused-ring (bicyclic) bond motifs is 5. The highest BCUT2D eigenvalue weighted by atomic mass is 32.1. The molecule has 144 valence electrons. The van der Waals surface area contributed by atoms with Gasteiger partial charge in [-0.1, -0.05) is 13.8 Å². The van der Waals surface area contributed by atoms with E-state index in [9.17, 15) is 4.79 Å². The van der Waals surface area contributed by atoms with Gasteiger partial charge in [0.1, 0.15) is 4.83 Å². The van der Waals surface area contributed by atoms with Gasteiger partial charge >= 0.3 is 0 Å². The predicted octanol–water partition coefficient (Wildman–Crippen LogP) is 4.38. The first-order valence-electron chi connectivity index (χ1n) is 9.81. The molecule has 0 atom stereocenters. The molecule has 0 spiro atoms. The number of hydrogen-bond acceptors (Lipinski definition) is 6. The quantitative estimate of drug-likeness (QED) is 0.486. The van der Waals surface area contributed by atoms with Gasteiger partial charge in [-0.05, 0) is 43.3 Å². The summed E-state index contributed by atoms with van der Waals surface area (Å²) in [6.45, 7) is 8.39. The van der Waals surface area contributed by atoms with Crippen LogP contribution in [0, 0.1) is 0 Å². The molecule has 0 fully saturated rings. The highest BCUT2D eigenvalue weighted by Gasteiger charge is 2.26. The van der Waals surface area contributed by atoms with Gasteiger partial charge in [-0.3, -0.25) is 4.79 Å². The smallest absolute Gasteiger partial charge is 0.257 e. The summed E-state index contributed by atoms with van der Waals surface area (Å²) < 4.78 is 7.83. The lowest BCUT2D eigenvalue weighted by Gasteiger charge is -2.19. The summed E-state index contributed by atoms with van der Waals surface area (Å²) in [5, 5.41) is 10.3. The minimum atomic E-state index is 0.258. The van der Waals surface area contributed by atoms with Crippen LogP contribution in [0.25, 0.3) is 31.9 Å². The Morgan fingerprint density at radius 1 is 1.25 bits per heavy atom. The normalized spacial score (nSPS) is 14.0. The second kappa shape index (κ2) is 6.83. The summed E-state index contributed by atoms with van der Waals surface area (Å²) in [5.41, 5.74) is 3.31. The lowest BCUT2D eigenvalue weighted by Crippen LogP contribution is -2.26. The van der Waals surface area contributed by atoms with E-state index < -0.39 is 0 Å². The molecule has 1 aliphatic carbocycles. The molecule has 0 N–H and O–H groups in total. The van der Waals surface area contributed by atoms with Gasteiger partial charge in [0.05, 0.1) is 10.4 Å². The van der Waals surface area contributed by atoms with Crippen LogP contribution in [-0.4, -0.2) is 45.1 Å². The Labute approximate surface area is 166 Å². The Morgan fingerprint density at radius 3 is 2.86 bits per heavy atom. The van der Waals surface area contributed by atoms with Gasteiger partial charge in [-0.15, -0.1) is 21.5 Å². The second-order valence-corrected chi connectivity index (χ2v) is 8.19. The molecule has 0 bridgehead atoms. The van der Waals surface area contributed by atoms with Crippen LogP contribution < -0.4 is 0 Å². The van der Waals surface area contributed by atoms with E-state index in [1.165, 1.54) is 33.1 Å². The van der Waals surface area contributed by atoms with Gasteiger partial charge in [-0.25, -0.2) is 0 Å². The van der Waals surface area contributed by atoms with Crippen LogP contribution in [0.3, 0.4) is 0 Å². The fourth-order valence-corrected chi connectivity index (χ4v) is 5.45. The van der Waals surface area contributed by atoms with Crippen molar-refractivity contribution in [1.82, 2.24) is 19.7 Å². The van der Waals surface area contributed by atoms with E-state index in [1.54, 1.807) is 11.3 Å². The number of likely N-dealkylation sites (N-methyl/N-ethyl adjacent to an activating group) is 1. The molecule has 0 saturated heterocycles. The average Bonchev–Trinajstić information content (AvgIpc) is 3.47. The van der Waals surface area contributed by atoms with E-state index in [0.717, 1.165) is 43.0 Å². The van der Waals surface area contributed by atoms with Crippen molar-refractivity contribution in [2.45, 2.75) is 33.2 Å². The molecule has 0 saturated carbocycles. The number of carbonyl (C=O) groups excluding carboxylic acids is 1. The Balaban J connectivity index is 1.72. The number of rotatable bonds is 6. The van der Waals surface area contributed by atoms with Crippen molar-refractivity contribution in [2.75, 3.05) is 19.6 Å². The molecule has 0 unspecified atom stereocenters. The van der Waals surface area contributed by atoms with E-state index >= 15 is 0 Å². The van der Waals surface area contributed by atoms with Crippen LogP contribution in [-0.2, 0) is 13.0 Å². The third-order valence-corrected chi connectivity index (χ3v) is 6.96. The third-order valence-electron chi connectivity index (χ3n) is 5.82. The van der Waals surface area contributed by atoms with Crippen molar-refractivity contribution in [3.8, 4) is 10.8 Å². The van der Waals surface area contributed by atoms with E-state index in [4.69, 9.17) is 4.42 Å².